The van der Waals surface area contributed by atoms with Crippen molar-refractivity contribution in [3.8, 4) is 0 Å². The van der Waals surface area contributed by atoms with Crippen LogP contribution in [-0.4, -0.2) is 34.7 Å². The lowest BCUT2D eigenvalue weighted by atomic mass is 10.1. The van der Waals surface area contributed by atoms with E-state index in [1.165, 1.54) is 11.0 Å². The maximum Gasteiger partial charge on any atom is 0.307 e. The van der Waals surface area contributed by atoms with E-state index in [1.54, 1.807) is 0 Å². The Hall–Kier alpha value is -1.01. The normalized spacial score (nSPS) is 18.7. The van der Waals surface area contributed by atoms with Crippen molar-refractivity contribution in [2.45, 2.75) is 18.9 Å². The summed E-state index contributed by atoms with van der Waals surface area (Å²) in [6.45, 7) is 0.0448. The lowest BCUT2D eigenvalue weighted by Crippen LogP contribution is -2.27. The van der Waals surface area contributed by atoms with Crippen LogP contribution in [0.15, 0.2) is 6.07 Å². The summed E-state index contributed by atoms with van der Waals surface area (Å²) in [6.07, 6.45) is -1.21. The molecule has 0 bridgehead atoms. The number of hydrogen-bond donors (Lipinski definition) is 2. The molecule has 1 aromatic carbocycles. The molecular formula is C12H10Cl3NO4. The summed E-state index contributed by atoms with van der Waals surface area (Å²) in [5, 5.41) is 18.6. The lowest BCUT2D eigenvalue weighted by molar-refractivity contribution is -0.136. The molecule has 20 heavy (non-hydrogen) atoms. The first kappa shape index (κ1) is 15.4. The predicted molar refractivity (Wildman–Crippen MR) is 75.8 cm³/mol. The Morgan fingerprint density at radius 1 is 1.35 bits per heavy atom. The van der Waals surface area contributed by atoms with Gasteiger partial charge in [-0.2, -0.15) is 0 Å². The quantitative estimate of drug-likeness (QED) is 0.830. The van der Waals surface area contributed by atoms with Crippen molar-refractivity contribution >= 4 is 52.4 Å². The molecule has 2 rings (SSSR count). The molecule has 1 aliphatic heterocycles. The van der Waals surface area contributed by atoms with Crippen LogP contribution >= 0.6 is 34.8 Å². The largest absolute Gasteiger partial charge is 0.481 e. The number of rotatable bonds is 3. The molecule has 1 saturated heterocycles. The Bertz CT molecular complexity index is 591. The van der Waals surface area contributed by atoms with Gasteiger partial charge in [0.2, 0.25) is 5.91 Å². The highest BCUT2D eigenvalue weighted by Gasteiger charge is 2.33. The SMILES string of the molecule is O=C(O)Cc1cc(Cl)c(Cl)c(Cl)c1N1CC(O)CC1=O. The first-order valence-corrected chi connectivity index (χ1v) is 6.81. The van der Waals surface area contributed by atoms with E-state index in [0.717, 1.165) is 0 Å². The highest BCUT2D eigenvalue weighted by atomic mass is 35.5. The molecule has 1 aromatic rings. The van der Waals surface area contributed by atoms with Gasteiger partial charge in [0.1, 0.15) is 0 Å². The summed E-state index contributed by atoms with van der Waals surface area (Å²) < 4.78 is 0. The second kappa shape index (κ2) is 5.77. The maximum absolute atomic E-state index is 11.9. The Kier molecular flexibility index (Phi) is 4.44. The number of benzene rings is 1. The van der Waals surface area contributed by atoms with Crippen LogP contribution in [0.4, 0.5) is 5.69 Å². The van der Waals surface area contributed by atoms with Gasteiger partial charge in [-0.3, -0.25) is 9.59 Å². The molecular weight excluding hydrogens is 328 g/mol. The second-order valence-corrected chi connectivity index (χ2v) is 5.59. The smallest absolute Gasteiger partial charge is 0.307 e. The van der Waals surface area contributed by atoms with Gasteiger partial charge in [0.25, 0.3) is 0 Å². The van der Waals surface area contributed by atoms with Crippen molar-refractivity contribution in [1.29, 1.82) is 0 Å². The molecule has 1 aliphatic rings. The zero-order valence-corrected chi connectivity index (χ0v) is 12.3. The first-order valence-electron chi connectivity index (χ1n) is 5.67. The topological polar surface area (TPSA) is 77.8 Å². The summed E-state index contributed by atoms with van der Waals surface area (Å²) in [5.74, 6) is -1.43. The number of carboxylic acid groups (broad SMARTS) is 1. The number of aliphatic hydroxyl groups is 1. The first-order chi connectivity index (χ1) is 9.31. The third kappa shape index (κ3) is 2.86. The van der Waals surface area contributed by atoms with Gasteiger partial charge in [-0.25, -0.2) is 0 Å². The Balaban J connectivity index is 2.57. The molecule has 0 aliphatic carbocycles. The third-order valence-corrected chi connectivity index (χ3v) is 4.18. The lowest BCUT2D eigenvalue weighted by Gasteiger charge is -2.22. The second-order valence-electron chi connectivity index (χ2n) is 4.43. The number of hydrogen-bond acceptors (Lipinski definition) is 3. The summed E-state index contributed by atoms with van der Waals surface area (Å²) >= 11 is 17.9. The van der Waals surface area contributed by atoms with Crippen molar-refractivity contribution in [2.75, 3.05) is 11.4 Å². The van der Waals surface area contributed by atoms with E-state index < -0.39 is 12.1 Å². The zero-order chi connectivity index (χ0) is 15.0. The van der Waals surface area contributed by atoms with Crippen LogP contribution in [0, 0.1) is 0 Å². The summed E-state index contributed by atoms with van der Waals surface area (Å²) in [4.78, 5) is 24.0. The number of carbonyl (C=O) groups is 2. The van der Waals surface area contributed by atoms with E-state index in [9.17, 15) is 14.7 Å². The molecule has 1 amide bonds. The van der Waals surface area contributed by atoms with Crippen LogP contribution in [0.1, 0.15) is 12.0 Å². The van der Waals surface area contributed by atoms with Gasteiger partial charge in [0, 0.05) is 0 Å². The van der Waals surface area contributed by atoms with Gasteiger partial charge in [-0.05, 0) is 11.6 Å². The van der Waals surface area contributed by atoms with Crippen molar-refractivity contribution in [2.24, 2.45) is 0 Å². The van der Waals surface area contributed by atoms with E-state index in [1.807, 2.05) is 0 Å². The average Bonchev–Trinajstić information content (AvgIpc) is 2.65. The number of aliphatic carboxylic acids is 1. The number of β-amino-alcohol motifs (C(OH)–C–C–N with tert-alkyl or cyclic N) is 1. The molecule has 5 nitrogen and oxygen atoms in total. The van der Waals surface area contributed by atoms with Crippen LogP contribution in [-0.2, 0) is 16.0 Å². The number of carbonyl (C=O) groups excluding carboxylic acids is 1. The van der Waals surface area contributed by atoms with E-state index in [-0.39, 0.29) is 51.6 Å². The van der Waals surface area contributed by atoms with E-state index in [2.05, 4.69) is 0 Å². The minimum absolute atomic E-state index is 0.0119. The fraction of sp³-hybridized carbons (Fsp3) is 0.333. The molecule has 1 fully saturated rings. The summed E-state index contributed by atoms with van der Waals surface area (Å²) in [6, 6.07) is 1.37. The van der Waals surface area contributed by atoms with Crippen molar-refractivity contribution in [3.63, 3.8) is 0 Å². The zero-order valence-electron chi connectivity index (χ0n) is 10.1. The van der Waals surface area contributed by atoms with Crippen molar-refractivity contribution in [1.82, 2.24) is 0 Å². The number of halogens is 3. The van der Waals surface area contributed by atoms with E-state index in [0.29, 0.717) is 0 Å². The molecule has 8 heteroatoms. The van der Waals surface area contributed by atoms with Gasteiger partial charge < -0.3 is 15.1 Å². The molecule has 1 heterocycles. The number of nitrogens with zero attached hydrogens (tertiary/aromatic N) is 1. The minimum Gasteiger partial charge on any atom is -0.481 e. The van der Waals surface area contributed by atoms with Crippen LogP contribution in [0.2, 0.25) is 15.1 Å². The Morgan fingerprint density at radius 3 is 2.50 bits per heavy atom. The van der Waals surface area contributed by atoms with E-state index >= 15 is 0 Å². The molecule has 0 radical (unpaired) electrons. The minimum atomic E-state index is -1.09. The maximum atomic E-state index is 11.9. The fourth-order valence-corrected chi connectivity index (χ4v) is 2.87. The number of amides is 1. The van der Waals surface area contributed by atoms with Crippen LogP contribution in [0.25, 0.3) is 0 Å². The van der Waals surface area contributed by atoms with Crippen LogP contribution < -0.4 is 4.90 Å². The van der Waals surface area contributed by atoms with Crippen LogP contribution in [0.3, 0.4) is 0 Å². The van der Waals surface area contributed by atoms with E-state index in [4.69, 9.17) is 39.9 Å². The Morgan fingerprint density at radius 2 is 2.00 bits per heavy atom. The average molecular weight is 339 g/mol. The molecule has 108 valence electrons. The van der Waals surface area contributed by atoms with Gasteiger partial charge in [0.15, 0.2) is 0 Å². The highest BCUT2D eigenvalue weighted by Crippen LogP contribution is 2.42. The monoisotopic (exact) mass is 337 g/mol. The van der Waals surface area contributed by atoms with Crippen molar-refractivity contribution < 1.29 is 19.8 Å². The predicted octanol–water partition coefficient (Wildman–Crippen LogP) is 2.37. The molecule has 0 saturated carbocycles. The number of aliphatic hydroxyl groups excluding tert-OH is 1. The molecule has 0 spiro atoms. The highest BCUT2D eigenvalue weighted by molar-refractivity contribution is 6.49. The number of anilines is 1. The van der Waals surface area contributed by atoms with Crippen molar-refractivity contribution in [3.05, 3.63) is 26.7 Å². The van der Waals surface area contributed by atoms with Gasteiger partial charge in [-0.15, -0.1) is 0 Å². The van der Waals surface area contributed by atoms with Gasteiger partial charge in [0.05, 0.1) is 46.2 Å². The molecule has 2 N–H and O–H groups in total. The summed E-state index contributed by atoms with van der Waals surface area (Å²) in [5.41, 5.74) is 0.476. The third-order valence-electron chi connectivity index (χ3n) is 2.93. The molecule has 1 unspecified atom stereocenters. The number of carboxylic acids is 1. The standard InChI is InChI=1S/C12H10Cl3NO4/c13-7-1-5(2-9(19)20)12(11(15)10(7)14)16-4-6(17)3-8(16)18/h1,6,17H,2-4H2,(H,19,20). The van der Waals surface area contributed by atoms with Gasteiger partial charge in [-0.1, -0.05) is 34.8 Å². The molecule has 1 atom stereocenters. The molecule has 0 aromatic heterocycles. The Labute approximate surface area is 129 Å². The van der Waals surface area contributed by atoms with Gasteiger partial charge >= 0.3 is 5.97 Å². The fourth-order valence-electron chi connectivity index (χ4n) is 2.13. The van der Waals surface area contributed by atoms with Crippen LogP contribution in [0.5, 0.6) is 0 Å². The summed E-state index contributed by atoms with van der Waals surface area (Å²) in [7, 11) is 0.